The first kappa shape index (κ1) is 18.1. The van der Waals surface area contributed by atoms with Crippen molar-refractivity contribution in [3.05, 3.63) is 23.8 Å². The molecule has 4 heteroatoms. The fraction of sp³-hybridized carbons (Fsp3) is 0.684. The van der Waals surface area contributed by atoms with Gasteiger partial charge in [-0.3, -0.25) is 0 Å². The minimum absolute atomic E-state index is 0.337. The minimum atomic E-state index is 0.337. The van der Waals surface area contributed by atoms with Gasteiger partial charge in [0.25, 0.3) is 0 Å². The Bertz CT molecular complexity index is 456. The molecule has 130 valence electrons. The summed E-state index contributed by atoms with van der Waals surface area (Å²) in [5, 5.41) is 3.48. The van der Waals surface area contributed by atoms with Crippen LogP contribution in [0, 0.1) is 0 Å². The molecule has 23 heavy (non-hydrogen) atoms. The Morgan fingerprint density at radius 1 is 1.17 bits per heavy atom. The molecule has 1 aromatic rings. The second-order valence-corrected chi connectivity index (χ2v) is 6.71. The number of benzene rings is 1. The van der Waals surface area contributed by atoms with E-state index in [4.69, 9.17) is 10.5 Å². The van der Waals surface area contributed by atoms with Crippen LogP contribution < -0.4 is 16.0 Å². The van der Waals surface area contributed by atoms with Crippen LogP contribution in [0.1, 0.15) is 45.1 Å². The number of anilines is 2. The number of nitrogens with two attached hydrogens (primary N) is 1. The summed E-state index contributed by atoms with van der Waals surface area (Å²) < 4.78 is 5.53. The molecule has 1 aliphatic heterocycles. The van der Waals surface area contributed by atoms with Crippen molar-refractivity contribution in [2.75, 3.05) is 43.4 Å². The van der Waals surface area contributed by atoms with Crippen molar-refractivity contribution in [2.45, 2.75) is 52.1 Å². The van der Waals surface area contributed by atoms with Gasteiger partial charge in [-0.15, -0.1) is 0 Å². The SMILES string of the molecule is CC(C)OCCCNCCCc1ccc(N2CCCC2)c(N)c1. The molecule has 0 spiro atoms. The number of nitrogen functional groups attached to an aromatic ring is 1. The minimum Gasteiger partial charge on any atom is -0.397 e. The second kappa shape index (κ2) is 9.78. The standard InChI is InChI=1S/C19H33N3O/c1-16(2)23-14-6-11-21-10-5-7-17-8-9-19(18(20)15-17)22-12-3-4-13-22/h8-9,15-16,21H,3-7,10-14,20H2,1-2H3. The predicted octanol–water partition coefficient (Wildman–Crippen LogP) is 3.21. The van der Waals surface area contributed by atoms with Gasteiger partial charge in [0.1, 0.15) is 0 Å². The Kier molecular flexibility index (Phi) is 7.69. The van der Waals surface area contributed by atoms with Gasteiger partial charge in [-0.05, 0) is 76.7 Å². The first-order chi connectivity index (χ1) is 11.2. The van der Waals surface area contributed by atoms with Gasteiger partial charge in [0, 0.05) is 19.7 Å². The molecule has 0 radical (unpaired) electrons. The van der Waals surface area contributed by atoms with Crippen molar-refractivity contribution in [3.63, 3.8) is 0 Å². The summed E-state index contributed by atoms with van der Waals surface area (Å²) in [7, 11) is 0. The lowest BCUT2D eigenvalue weighted by molar-refractivity contribution is 0.0771. The highest BCUT2D eigenvalue weighted by Gasteiger charge is 2.14. The maximum absolute atomic E-state index is 6.24. The summed E-state index contributed by atoms with van der Waals surface area (Å²) in [6.07, 6.45) is 6.22. The molecular weight excluding hydrogens is 286 g/mol. The molecule has 0 aliphatic carbocycles. The number of ether oxygens (including phenoxy) is 1. The zero-order valence-corrected chi connectivity index (χ0v) is 14.8. The molecule has 1 saturated heterocycles. The third-order valence-electron chi connectivity index (χ3n) is 4.31. The van der Waals surface area contributed by atoms with Crippen molar-refractivity contribution in [3.8, 4) is 0 Å². The van der Waals surface area contributed by atoms with Crippen molar-refractivity contribution < 1.29 is 4.74 Å². The van der Waals surface area contributed by atoms with Gasteiger partial charge in [-0.2, -0.15) is 0 Å². The van der Waals surface area contributed by atoms with E-state index in [9.17, 15) is 0 Å². The van der Waals surface area contributed by atoms with Crippen LogP contribution in [0.3, 0.4) is 0 Å². The van der Waals surface area contributed by atoms with Gasteiger partial charge < -0.3 is 20.7 Å². The third-order valence-corrected chi connectivity index (χ3v) is 4.31. The Morgan fingerprint density at radius 3 is 2.61 bits per heavy atom. The third kappa shape index (κ3) is 6.40. The Balaban J connectivity index is 1.61. The van der Waals surface area contributed by atoms with E-state index < -0.39 is 0 Å². The summed E-state index contributed by atoms with van der Waals surface area (Å²) in [5.41, 5.74) is 9.73. The van der Waals surface area contributed by atoms with E-state index in [1.165, 1.54) is 24.1 Å². The van der Waals surface area contributed by atoms with Crippen molar-refractivity contribution >= 4 is 11.4 Å². The van der Waals surface area contributed by atoms with Crippen LogP contribution in [0.15, 0.2) is 18.2 Å². The zero-order valence-electron chi connectivity index (χ0n) is 14.8. The smallest absolute Gasteiger partial charge is 0.0600 e. The average molecular weight is 319 g/mol. The lowest BCUT2D eigenvalue weighted by Gasteiger charge is -2.20. The van der Waals surface area contributed by atoms with Crippen molar-refractivity contribution in [1.82, 2.24) is 5.32 Å². The molecule has 1 aromatic carbocycles. The number of hydrogen-bond donors (Lipinski definition) is 2. The second-order valence-electron chi connectivity index (χ2n) is 6.71. The summed E-state index contributed by atoms with van der Waals surface area (Å²) in [6.45, 7) is 9.38. The molecule has 2 rings (SSSR count). The molecule has 1 aliphatic rings. The lowest BCUT2D eigenvalue weighted by atomic mass is 10.1. The molecule has 0 bridgehead atoms. The van der Waals surface area contributed by atoms with E-state index in [1.54, 1.807) is 0 Å². The molecule has 1 fully saturated rings. The molecule has 1 heterocycles. The van der Waals surface area contributed by atoms with Gasteiger partial charge in [0.2, 0.25) is 0 Å². The fourth-order valence-corrected chi connectivity index (χ4v) is 3.06. The zero-order chi connectivity index (χ0) is 16.5. The van der Waals surface area contributed by atoms with Gasteiger partial charge in [0.05, 0.1) is 17.5 Å². The van der Waals surface area contributed by atoms with E-state index in [2.05, 4.69) is 42.3 Å². The molecule has 4 nitrogen and oxygen atoms in total. The molecule has 0 atom stereocenters. The molecule has 0 unspecified atom stereocenters. The van der Waals surface area contributed by atoms with Crippen LogP contribution in [0.5, 0.6) is 0 Å². The topological polar surface area (TPSA) is 50.5 Å². The summed E-state index contributed by atoms with van der Waals surface area (Å²) in [6, 6.07) is 6.59. The van der Waals surface area contributed by atoms with Crippen LogP contribution in [-0.4, -0.2) is 38.9 Å². The normalized spacial score (nSPS) is 14.8. The van der Waals surface area contributed by atoms with Crippen LogP contribution in [0.25, 0.3) is 0 Å². The molecule has 0 saturated carbocycles. The first-order valence-electron chi connectivity index (χ1n) is 9.12. The van der Waals surface area contributed by atoms with Gasteiger partial charge in [-0.1, -0.05) is 6.07 Å². The Labute approximate surface area is 141 Å². The number of aryl methyl sites for hydroxylation is 1. The van der Waals surface area contributed by atoms with Gasteiger partial charge >= 0.3 is 0 Å². The predicted molar refractivity (Wildman–Crippen MR) is 99.2 cm³/mol. The highest BCUT2D eigenvalue weighted by molar-refractivity contribution is 5.68. The molecule has 0 amide bonds. The highest BCUT2D eigenvalue weighted by Crippen LogP contribution is 2.27. The van der Waals surface area contributed by atoms with Gasteiger partial charge in [0.15, 0.2) is 0 Å². The van der Waals surface area contributed by atoms with Crippen LogP contribution in [-0.2, 0) is 11.2 Å². The van der Waals surface area contributed by atoms with Crippen LogP contribution >= 0.6 is 0 Å². The van der Waals surface area contributed by atoms with Crippen molar-refractivity contribution in [2.24, 2.45) is 0 Å². The molecule has 3 N–H and O–H groups in total. The number of nitrogens with zero attached hydrogens (tertiary/aromatic N) is 1. The van der Waals surface area contributed by atoms with E-state index in [-0.39, 0.29) is 0 Å². The highest BCUT2D eigenvalue weighted by atomic mass is 16.5. The van der Waals surface area contributed by atoms with E-state index >= 15 is 0 Å². The summed E-state index contributed by atoms with van der Waals surface area (Å²) in [5.74, 6) is 0. The number of hydrogen-bond acceptors (Lipinski definition) is 4. The Hall–Kier alpha value is -1.26. The van der Waals surface area contributed by atoms with Gasteiger partial charge in [-0.25, -0.2) is 0 Å². The fourth-order valence-electron chi connectivity index (χ4n) is 3.06. The van der Waals surface area contributed by atoms with E-state index in [0.29, 0.717) is 6.10 Å². The van der Waals surface area contributed by atoms with Crippen molar-refractivity contribution in [1.29, 1.82) is 0 Å². The Morgan fingerprint density at radius 2 is 1.91 bits per heavy atom. The average Bonchev–Trinajstić information content (AvgIpc) is 3.04. The number of nitrogens with one attached hydrogen (secondary N) is 1. The lowest BCUT2D eigenvalue weighted by Crippen LogP contribution is -2.20. The van der Waals surface area contributed by atoms with Crippen LogP contribution in [0.2, 0.25) is 0 Å². The first-order valence-corrected chi connectivity index (χ1v) is 9.12. The largest absolute Gasteiger partial charge is 0.397 e. The van der Waals surface area contributed by atoms with E-state index in [0.717, 1.165) is 57.7 Å². The summed E-state index contributed by atoms with van der Waals surface area (Å²) in [4.78, 5) is 2.40. The monoisotopic (exact) mass is 319 g/mol. The maximum Gasteiger partial charge on any atom is 0.0600 e. The van der Waals surface area contributed by atoms with Crippen LogP contribution in [0.4, 0.5) is 11.4 Å². The summed E-state index contributed by atoms with van der Waals surface area (Å²) >= 11 is 0. The van der Waals surface area contributed by atoms with E-state index in [1.807, 2.05) is 0 Å². The quantitative estimate of drug-likeness (QED) is 0.513. The number of rotatable bonds is 10. The maximum atomic E-state index is 6.24. The molecule has 0 aromatic heterocycles. The molecular formula is C19H33N3O.